The molecule has 1 saturated heterocycles. The van der Waals surface area contributed by atoms with Gasteiger partial charge in [0.05, 0.1) is 11.7 Å². The van der Waals surface area contributed by atoms with Crippen molar-refractivity contribution in [2.45, 2.75) is 70.0 Å². The van der Waals surface area contributed by atoms with E-state index in [0.717, 1.165) is 18.7 Å². The van der Waals surface area contributed by atoms with E-state index in [1.165, 1.54) is 49.7 Å². The van der Waals surface area contributed by atoms with E-state index in [0.29, 0.717) is 12.0 Å². The summed E-state index contributed by atoms with van der Waals surface area (Å²) in [6, 6.07) is 8.81. The first kappa shape index (κ1) is 15.4. The summed E-state index contributed by atoms with van der Waals surface area (Å²) in [5, 5.41) is 0. The van der Waals surface area contributed by atoms with Crippen LogP contribution in [0.3, 0.4) is 0 Å². The van der Waals surface area contributed by atoms with Crippen molar-refractivity contribution >= 4 is 11.6 Å². The molecule has 3 rings (SSSR count). The molecule has 0 radical (unpaired) electrons. The number of aryl methyl sites for hydroxylation is 1. The van der Waals surface area contributed by atoms with Gasteiger partial charge in [-0.2, -0.15) is 0 Å². The molecule has 2 unspecified atom stereocenters. The molecule has 1 nitrogen and oxygen atoms in total. The van der Waals surface area contributed by atoms with Crippen LogP contribution in [0.4, 0.5) is 0 Å². The average Bonchev–Trinajstić information content (AvgIpc) is 3.09. The SMILES string of the molecule is Cc1cccc(CC(CCl)CC2CCC3(CCCC3)O2)c1. The molecule has 0 aromatic heterocycles. The third-order valence-electron chi connectivity index (χ3n) is 5.27. The van der Waals surface area contributed by atoms with Gasteiger partial charge in [0.25, 0.3) is 0 Å². The van der Waals surface area contributed by atoms with E-state index in [-0.39, 0.29) is 5.60 Å². The first-order valence-corrected chi connectivity index (χ1v) is 9.02. The van der Waals surface area contributed by atoms with Crippen LogP contribution in [0.1, 0.15) is 56.1 Å². The number of halogens is 1. The summed E-state index contributed by atoms with van der Waals surface area (Å²) in [5.41, 5.74) is 3.00. The van der Waals surface area contributed by atoms with Gasteiger partial charge in [0, 0.05) is 5.88 Å². The Balaban J connectivity index is 1.55. The second-order valence-electron chi connectivity index (χ2n) is 7.12. The van der Waals surface area contributed by atoms with Gasteiger partial charge in [0.2, 0.25) is 0 Å². The minimum atomic E-state index is 0.255. The van der Waals surface area contributed by atoms with Gasteiger partial charge in [-0.05, 0) is 56.9 Å². The summed E-state index contributed by atoms with van der Waals surface area (Å²) in [4.78, 5) is 0. The van der Waals surface area contributed by atoms with Crippen molar-refractivity contribution in [2.24, 2.45) is 5.92 Å². The predicted molar refractivity (Wildman–Crippen MR) is 89.0 cm³/mol. The van der Waals surface area contributed by atoms with Gasteiger partial charge in [0.1, 0.15) is 0 Å². The highest BCUT2D eigenvalue weighted by Crippen LogP contribution is 2.44. The van der Waals surface area contributed by atoms with E-state index in [9.17, 15) is 0 Å². The Morgan fingerprint density at radius 1 is 1.29 bits per heavy atom. The summed E-state index contributed by atoms with van der Waals surface area (Å²) < 4.78 is 6.44. The largest absolute Gasteiger partial charge is 0.372 e. The molecular formula is C19H27ClO. The van der Waals surface area contributed by atoms with Gasteiger partial charge in [0.15, 0.2) is 0 Å². The number of ether oxygens (including phenoxy) is 1. The van der Waals surface area contributed by atoms with Crippen LogP contribution >= 0.6 is 11.6 Å². The molecule has 1 aliphatic carbocycles. The lowest BCUT2D eigenvalue weighted by Gasteiger charge is -2.25. The molecule has 0 amide bonds. The summed E-state index contributed by atoms with van der Waals surface area (Å²) >= 11 is 6.23. The molecule has 0 bridgehead atoms. The van der Waals surface area contributed by atoms with Crippen LogP contribution in [-0.2, 0) is 11.2 Å². The lowest BCUT2D eigenvalue weighted by molar-refractivity contribution is -0.0432. The van der Waals surface area contributed by atoms with E-state index in [4.69, 9.17) is 16.3 Å². The summed E-state index contributed by atoms with van der Waals surface area (Å²) in [6.45, 7) is 2.16. The Bertz CT molecular complexity index is 464. The fraction of sp³-hybridized carbons (Fsp3) is 0.684. The quantitative estimate of drug-likeness (QED) is 0.673. The standard InChI is InChI=1S/C19H27ClO/c1-15-5-4-6-16(11-15)12-17(14-20)13-18-7-10-19(21-18)8-2-3-9-19/h4-6,11,17-18H,2-3,7-10,12-14H2,1H3. The molecule has 1 aromatic rings. The molecule has 1 saturated carbocycles. The highest BCUT2D eigenvalue weighted by molar-refractivity contribution is 6.18. The molecule has 2 fully saturated rings. The maximum atomic E-state index is 6.44. The average molecular weight is 307 g/mol. The van der Waals surface area contributed by atoms with Gasteiger partial charge >= 0.3 is 0 Å². The Kier molecular flexibility index (Phi) is 4.91. The number of alkyl halides is 1. The smallest absolute Gasteiger partial charge is 0.0687 e. The normalized spacial score (nSPS) is 25.5. The Morgan fingerprint density at radius 3 is 2.81 bits per heavy atom. The zero-order valence-electron chi connectivity index (χ0n) is 13.1. The van der Waals surface area contributed by atoms with Crippen LogP contribution in [0.25, 0.3) is 0 Å². The fourth-order valence-corrected chi connectivity index (χ4v) is 4.43. The lowest BCUT2D eigenvalue weighted by Crippen LogP contribution is -2.26. The minimum absolute atomic E-state index is 0.255. The molecule has 1 aliphatic heterocycles. The summed E-state index contributed by atoms with van der Waals surface area (Å²) in [6.07, 6.45) is 10.4. The van der Waals surface area contributed by atoms with Gasteiger partial charge in [-0.1, -0.05) is 42.7 Å². The monoisotopic (exact) mass is 306 g/mol. The molecule has 0 N–H and O–H groups in total. The Morgan fingerprint density at radius 2 is 2.10 bits per heavy atom. The molecule has 2 atom stereocenters. The van der Waals surface area contributed by atoms with Crippen molar-refractivity contribution in [3.63, 3.8) is 0 Å². The van der Waals surface area contributed by atoms with Crippen molar-refractivity contribution in [1.82, 2.24) is 0 Å². The zero-order valence-corrected chi connectivity index (χ0v) is 13.9. The van der Waals surface area contributed by atoms with Crippen LogP contribution in [0.5, 0.6) is 0 Å². The topological polar surface area (TPSA) is 9.23 Å². The number of hydrogen-bond acceptors (Lipinski definition) is 1. The highest BCUT2D eigenvalue weighted by atomic mass is 35.5. The molecular weight excluding hydrogens is 280 g/mol. The van der Waals surface area contributed by atoms with Gasteiger partial charge < -0.3 is 4.74 Å². The number of rotatable bonds is 5. The van der Waals surface area contributed by atoms with E-state index in [2.05, 4.69) is 31.2 Å². The second-order valence-corrected chi connectivity index (χ2v) is 7.43. The van der Waals surface area contributed by atoms with E-state index < -0.39 is 0 Å². The van der Waals surface area contributed by atoms with Gasteiger partial charge in [-0.25, -0.2) is 0 Å². The van der Waals surface area contributed by atoms with Crippen molar-refractivity contribution < 1.29 is 4.74 Å². The molecule has 21 heavy (non-hydrogen) atoms. The van der Waals surface area contributed by atoms with Gasteiger partial charge in [-0.15, -0.1) is 11.6 Å². The lowest BCUT2D eigenvalue weighted by atomic mass is 9.93. The maximum absolute atomic E-state index is 6.44. The van der Waals surface area contributed by atoms with Crippen LogP contribution < -0.4 is 0 Å². The van der Waals surface area contributed by atoms with Crippen molar-refractivity contribution in [2.75, 3.05) is 5.88 Å². The van der Waals surface area contributed by atoms with Crippen LogP contribution in [-0.4, -0.2) is 17.6 Å². The Hall–Kier alpha value is -0.530. The third kappa shape index (κ3) is 3.81. The molecule has 1 aromatic carbocycles. The predicted octanol–water partition coefficient (Wildman–Crippen LogP) is 5.27. The van der Waals surface area contributed by atoms with Crippen LogP contribution in [0, 0.1) is 12.8 Å². The van der Waals surface area contributed by atoms with Crippen molar-refractivity contribution in [3.8, 4) is 0 Å². The van der Waals surface area contributed by atoms with Gasteiger partial charge in [-0.3, -0.25) is 0 Å². The zero-order chi connectivity index (χ0) is 14.7. The van der Waals surface area contributed by atoms with E-state index >= 15 is 0 Å². The van der Waals surface area contributed by atoms with E-state index in [1.54, 1.807) is 0 Å². The molecule has 1 spiro atoms. The molecule has 2 heteroatoms. The first-order valence-electron chi connectivity index (χ1n) is 8.48. The van der Waals surface area contributed by atoms with E-state index in [1.807, 2.05) is 0 Å². The van der Waals surface area contributed by atoms with Crippen molar-refractivity contribution in [1.29, 1.82) is 0 Å². The fourth-order valence-electron chi connectivity index (χ4n) is 4.19. The van der Waals surface area contributed by atoms with Crippen LogP contribution in [0.15, 0.2) is 24.3 Å². The highest BCUT2D eigenvalue weighted by Gasteiger charge is 2.42. The van der Waals surface area contributed by atoms with Crippen molar-refractivity contribution in [3.05, 3.63) is 35.4 Å². The first-order chi connectivity index (χ1) is 10.2. The number of benzene rings is 1. The molecule has 1 heterocycles. The maximum Gasteiger partial charge on any atom is 0.0687 e. The van der Waals surface area contributed by atoms with Crippen LogP contribution in [0.2, 0.25) is 0 Å². The third-order valence-corrected chi connectivity index (χ3v) is 5.71. The summed E-state index contributed by atoms with van der Waals surface area (Å²) in [5.74, 6) is 1.27. The number of hydrogen-bond donors (Lipinski definition) is 0. The summed E-state index contributed by atoms with van der Waals surface area (Å²) in [7, 11) is 0. The second kappa shape index (κ2) is 6.71. The minimum Gasteiger partial charge on any atom is -0.372 e. The molecule has 116 valence electrons. The molecule has 2 aliphatic rings. The Labute approximate surface area is 134 Å².